The van der Waals surface area contributed by atoms with E-state index in [0.717, 1.165) is 18.2 Å². The summed E-state index contributed by atoms with van der Waals surface area (Å²) in [4.78, 5) is 9.72. The molecule has 0 fully saturated rings. The van der Waals surface area contributed by atoms with Crippen LogP contribution in [0.15, 0.2) is 59.5 Å². The summed E-state index contributed by atoms with van der Waals surface area (Å²) in [5.41, 5.74) is 0.799. The topological polar surface area (TPSA) is 124 Å². The van der Waals surface area contributed by atoms with Gasteiger partial charge in [-0.15, -0.1) is 10.2 Å². The Labute approximate surface area is 175 Å². The van der Waals surface area contributed by atoms with Gasteiger partial charge < -0.3 is 4.74 Å². The van der Waals surface area contributed by atoms with Crippen LogP contribution in [0.3, 0.4) is 0 Å². The Kier molecular flexibility index (Phi) is 6.55. The van der Waals surface area contributed by atoms with E-state index in [4.69, 9.17) is 16.3 Å². The molecule has 1 heterocycles. The molecule has 0 aliphatic carbocycles. The molecular formula is C18H14ClFN4O5S. The maximum Gasteiger partial charge on any atom is 0.270 e. The molecule has 3 aromatic rings. The Bertz CT molecular complexity index is 1160. The molecule has 0 unspecified atom stereocenters. The van der Waals surface area contributed by atoms with Crippen molar-refractivity contribution in [2.24, 2.45) is 0 Å². The van der Waals surface area contributed by atoms with Gasteiger partial charge in [-0.3, -0.25) is 10.1 Å². The van der Waals surface area contributed by atoms with Gasteiger partial charge in [-0.2, -0.15) is 0 Å². The number of hydrogen-bond donors (Lipinski definition) is 1. The number of rotatable bonds is 8. The maximum absolute atomic E-state index is 13.0. The lowest BCUT2D eigenvalue weighted by molar-refractivity contribution is -0.385. The third-order valence-electron chi connectivity index (χ3n) is 3.84. The van der Waals surface area contributed by atoms with Crippen LogP contribution in [0.5, 0.6) is 5.88 Å². The summed E-state index contributed by atoms with van der Waals surface area (Å²) in [6, 6.07) is 12.0. The van der Waals surface area contributed by atoms with Gasteiger partial charge in [0.05, 0.1) is 15.6 Å². The molecule has 1 aromatic heterocycles. The molecule has 1 N–H and O–H groups in total. The molecule has 3 rings (SSSR count). The summed E-state index contributed by atoms with van der Waals surface area (Å²) in [6.07, 6.45) is 0. The van der Waals surface area contributed by atoms with Gasteiger partial charge in [-0.25, -0.2) is 17.5 Å². The predicted octanol–water partition coefficient (Wildman–Crippen LogP) is 3.20. The van der Waals surface area contributed by atoms with E-state index in [-0.39, 0.29) is 29.9 Å². The highest BCUT2D eigenvalue weighted by molar-refractivity contribution is 7.89. The first-order valence-corrected chi connectivity index (χ1v) is 10.3. The van der Waals surface area contributed by atoms with Crippen molar-refractivity contribution in [3.63, 3.8) is 0 Å². The van der Waals surface area contributed by atoms with Crippen LogP contribution in [-0.2, 0) is 10.0 Å². The van der Waals surface area contributed by atoms with Crippen LogP contribution in [0.25, 0.3) is 11.3 Å². The number of hydrogen-bond acceptors (Lipinski definition) is 7. The lowest BCUT2D eigenvalue weighted by atomic mass is 10.1. The Morgan fingerprint density at radius 3 is 2.47 bits per heavy atom. The number of nitrogens with one attached hydrogen (secondary N) is 1. The molecular weight excluding hydrogens is 439 g/mol. The summed E-state index contributed by atoms with van der Waals surface area (Å²) >= 11 is 5.86. The molecule has 30 heavy (non-hydrogen) atoms. The van der Waals surface area contributed by atoms with Crippen molar-refractivity contribution in [1.82, 2.24) is 14.9 Å². The fourth-order valence-electron chi connectivity index (χ4n) is 2.39. The fraction of sp³-hybridized carbons (Fsp3) is 0.111. The number of benzene rings is 2. The maximum atomic E-state index is 13.0. The molecule has 12 heteroatoms. The highest BCUT2D eigenvalue weighted by Crippen LogP contribution is 2.26. The number of non-ortho nitro benzene ring substituents is 1. The van der Waals surface area contributed by atoms with E-state index in [1.165, 1.54) is 18.2 Å². The zero-order valence-electron chi connectivity index (χ0n) is 15.2. The molecule has 0 atom stereocenters. The zero-order chi connectivity index (χ0) is 21.7. The third-order valence-corrected chi connectivity index (χ3v) is 5.78. The zero-order valence-corrected chi connectivity index (χ0v) is 16.7. The van der Waals surface area contributed by atoms with Gasteiger partial charge in [0.25, 0.3) is 5.69 Å². The first-order chi connectivity index (χ1) is 14.3. The van der Waals surface area contributed by atoms with Gasteiger partial charge >= 0.3 is 0 Å². The van der Waals surface area contributed by atoms with Crippen LogP contribution in [0.4, 0.5) is 10.1 Å². The minimum Gasteiger partial charge on any atom is -0.475 e. The van der Waals surface area contributed by atoms with Crippen molar-refractivity contribution in [1.29, 1.82) is 0 Å². The highest BCUT2D eigenvalue weighted by atomic mass is 35.5. The molecule has 0 amide bonds. The summed E-state index contributed by atoms with van der Waals surface area (Å²) in [6.45, 7) is -0.209. The van der Waals surface area contributed by atoms with Crippen molar-refractivity contribution in [3.8, 4) is 17.1 Å². The highest BCUT2D eigenvalue weighted by Gasteiger charge is 2.21. The fourth-order valence-corrected chi connectivity index (χ4v) is 3.92. The standard InChI is InChI=1S/C18H14ClFN4O5S/c19-15-6-5-14(24(25)26)11-17(15)30(27,28)21-9-10-29-18-8-7-16(22-23-18)12-1-3-13(20)4-2-12/h1-8,11,21H,9-10H2. The molecule has 0 bridgehead atoms. The SMILES string of the molecule is O=[N+]([O-])c1ccc(Cl)c(S(=O)(=O)NCCOc2ccc(-c3ccc(F)cc3)nn2)c1. The first kappa shape index (κ1) is 21.6. The number of nitro benzene ring substituents is 1. The summed E-state index contributed by atoms with van der Waals surface area (Å²) in [7, 11) is -4.08. The molecule has 9 nitrogen and oxygen atoms in total. The molecule has 0 aliphatic rings. The van der Waals surface area contributed by atoms with Crippen LogP contribution in [0.2, 0.25) is 5.02 Å². The van der Waals surface area contributed by atoms with E-state index in [1.54, 1.807) is 18.2 Å². The van der Waals surface area contributed by atoms with Crippen molar-refractivity contribution in [3.05, 3.63) is 75.6 Å². The third kappa shape index (κ3) is 5.26. The monoisotopic (exact) mass is 452 g/mol. The van der Waals surface area contributed by atoms with E-state index >= 15 is 0 Å². The normalized spacial score (nSPS) is 11.3. The van der Waals surface area contributed by atoms with Gasteiger partial charge in [0.2, 0.25) is 15.9 Å². The number of ether oxygens (including phenoxy) is 1. The minimum atomic E-state index is -4.08. The van der Waals surface area contributed by atoms with E-state index in [9.17, 15) is 22.9 Å². The van der Waals surface area contributed by atoms with Crippen molar-refractivity contribution >= 4 is 27.3 Å². The van der Waals surface area contributed by atoms with E-state index < -0.39 is 25.5 Å². The van der Waals surface area contributed by atoms with Gasteiger partial charge in [-0.05, 0) is 36.4 Å². The van der Waals surface area contributed by atoms with Crippen molar-refractivity contribution < 1.29 is 22.5 Å². The van der Waals surface area contributed by atoms with Crippen LogP contribution in [0, 0.1) is 15.9 Å². The Balaban J connectivity index is 1.57. The van der Waals surface area contributed by atoms with Crippen LogP contribution < -0.4 is 9.46 Å². The molecule has 2 aromatic carbocycles. The van der Waals surface area contributed by atoms with Crippen LogP contribution >= 0.6 is 11.6 Å². The van der Waals surface area contributed by atoms with E-state index in [2.05, 4.69) is 14.9 Å². The average Bonchev–Trinajstić information content (AvgIpc) is 2.72. The molecule has 0 radical (unpaired) electrons. The predicted molar refractivity (Wildman–Crippen MR) is 106 cm³/mol. The van der Waals surface area contributed by atoms with Crippen molar-refractivity contribution in [2.45, 2.75) is 4.90 Å². The number of nitro groups is 1. The first-order valence-electron chi connectivity index (χ1n) is 8.42. The Morgan fingerprint density at radius 1 is 1.10 bits per heavy atom. The van der Waals surface area contributed by atoms with Crippen LogP contribution in [0.1, 0.15) is 0 Å². The Hall–Kier alpha value is -3.15. The molecule has 0 saturated heterocycles. The second-order valence-corrected chi connectivity index (χ2v) is 8.02. The largest absolute Gasteiger partial charge is 0.475 e. The second-order valence-electron chi connectivity index (χ2n) is 5.88. The Morgan fingerprint density at radius 2 is 1.83 bits per heavy atom. The second kappa shape index (κ2) is 9.11. The van der Waals surface area contributed by atoms with E-state index in [1.807, 2.05) is 0 Å². The minimum absolute atomic E-state index is 0.0731. The number of sulfonamides is 1. The van der Waals surface area contributed by atoms with Gasteiger partial charge in [0.15, 0.2) is 0 Å². The lowest BCUT2D eigenvalue weighted by Crippen LogP contribution is -2.28. The molecule has 0 spiro atoms. The average molecular weight is 453 g/mol. The number of nitrogens with zero attached hydrogens (tertiary/aromatic N) is 3. The molecule has 0 saturated carbocycles. The van der Waals surface area contributed by atoms with Gasteiger partial charge in [0, 0.05) is 30.3 Å². The number of aromatic nitrogens is 2. The van der Waals surface area contributed by atoms with Crippen LogP contribution in [-0.4, -0.2) is 36.7 Å². The summed E-state index contributed by atoms with van der Waals surface area (Å²) in [5, 5.41) is 18.5. The summed E-state index contributed by atoms with van der Waals surface area (Å²) in [5.74, 6) is -0.200. The molecule has 156 valence electrons. The molecule has 0 aliphatic heterocycles. The lowest BCUT2D eigenvalue weighted by Gasteiger charge is -2.09. The van der Waals surface area contributed by atoms with Crippen molar-refractivity contribution in [2.75, 3.05) is 13.2 Å². The summed E-state index contributed by atoms with van der Waals surface area (Å²) < 4.78 is 45.2. The van der Waals surface area contributed by atoms with Gasteiger partial charge in [0.1, 0.15) is 17.3 Å². The smallest absolute Gasteiger partial charge is 0.270 e. The van der Waals surface area contributed by atoms with E-state index in [0.29, 0.717) is 11.3 Å². The quantitative estimate of drug-likeness (QED) is 0.316. The number of halogens is 2. The van der Waals surface area contributed by atoms with Gasteiger partial charge in [-0.1, -0.05) is 11.6 Å².